The molecule has 0 unspecified atom stereocenters. The van der Waals surface area contributed by atoms with Gasteiger partial charge < -0.3 is 0 Å². The lowest BCUT2D eigenvalue weighted by Crippen LogP contribution is -1.69. The van der Waals surface area contributed by atoms with Crippen LogP contribution in [0.1, 0.15) is 32.6 Å². The Labute approximate surface area is 62.2 Å². The van der Waals surface area contributed by atoms with Gasteiger partial charge in [-0.2, -0.15) is 4.99 Å². The standard InChI is InChI=1S/C8H14N2/c1-2-3-4-5-6-7-10-8-9/h6-7,9H,2-5H2,1H3. The molecule has 0 heterocycles. The summed E-state index contributed by atoms with van der Waals surface area (Å²) in [6, 6.07) is 1.95. The van der Waals surface area contributed by atoms with Crippen LogP contribution in [-0.2, 0) is 0 Å². The molecule has 0 radical (unpaired) electrons. The lowest BCUT2D eigenvalue weighted by molar-refractivity contribution is 0.729. The molecule has 1 N–H and O–H groups in total. The number of unbranched alkanes of at least 4 members (excludes halogenated alkanes) is 3. The smallest absolute Gasteiger partial charge is 0.0911 e. The average Bonchev–Trinajstić information content (AvgIpc) is 1.97. The van der Waals surface area contributed by atoms with E-state index in [0.29, 0.717) is 0 Å². The van der Waals surface area contributed by atoms with Crippen molar-refractivity contribution in [2.75, 3.05) is 0 Å². The van der Waals surface area contributed by atoms with Crippen molar-refractivity contribution in [3.05, 3.63) is 12.3 Å². The van der Waals surface area contributed by atoms with Crippen molar-refractivity contribution < 1.29 is 0 Å². The Morgan fingerprint density at radius 3 is 2.90 bits per heavy atom. The van der Waals surface area contributed by atoms with E-state index in [9.17, 15) is 0 Å². The third-order valence-electron chi connectivity index (χ3n) is 1.22. The predicted molar refractivity (Wildman–Crippen MR) is 43.4 cm³/mol. The van der Waals surface area contributed by atoms with E-state index >= 15 is 0 Å². The van der Waals surface area contributed by atoms with Gasteiger partial charge in [0.05, 0.1) is 6.01 Å². The summed E-state index contributed by atoms with van der Waals surface area (Å²) in [7, 11) is 0. The third kappa shape index (κ3) is 7.12. The molecule has 0 aliphatic carbocycles. The molecule has 0 rings (SSSR count). The Balaban J connectivity index is 3.10. The zero-order valence-electron chi connectivity index (χ0n) is 6.43. The number of nitrogens with one attached hydrogen (secondary N) is 1. The van der Waals surface area contributed by atoms with Gasteiger partial charge in [0.25, 0.3) is 0 Å². The van der Waals surface area contributed by atoms with Crippen molar-refractivity contribution in [3.8, 4) is 0 Å². The van der Waals surface area contributed by atoms with Gasteiger partial charge in [-0.05, 0) is 12.8 Å². The summed E-state index contributed by atoms with van der Waals surface area (Å²) in [5, 5.41) is 6.45. The van der Waals surface area contributed by atoms with Crippen LogP contribution in [0.15, 0.2) is 17.3 Å². The van der Waals surface area contributed by atoms with Gasteiger partial charge >= 0.3 is 0 Å². The van der Waals surface area contributed by atoms with Gasteiger partial charge in [0.1, 0.15) is 0 Å². The minimum Gasteiger partial charge on any atom is -0.241 e. The molecule has 2 nitrogen and oxygen atoms in total. The van der Waals surface area contributed by atoms with Crippen molar-refractivity contribution in [1.82, 2.24) is 0 Å². The molecule has 0 bridgehead atoms. The highest BCUT2D eigenvalue weighted by Gasteiger charge is 1.79. The zero-order valence-corrected chi connectivity index (χ0v) is 6.43. The van der Waals surface area contributed by atoms with E-state index in [4.69, 9.17) is 5.41 Å². The summed E-state index contributed by atoms with van der Waals surface area (Å²) in [6.07, 6.45) is 8.42. The van der Waals surface area contributed by atoms with Crippen LogP contribution in [0.2, 0.25) is 0 Å². The first-order valence-electron chi connectivity index (χ1n) is 3.68. The molecule has 0 atom stereocenters. The highest BCUT2D eigenvalue weighted by atomic mass is 14.7. The second kappa shape index (κ2) is 8.12. The van der Waals surface area contributed by atoms with Crippen molar-refractivity contribution in [2.45, 2.75) is 32.6 Å². The zero-order chi connectivity index (χ0) is 7.66. The highest BCUT2D eigenvalue weighted by Crippen LogP contribution is 1.98. The third-order valence-corrected chi connectivity index (χ3v) is 1.22. The first-order chi connectivity index (χ1) is 4.91. The first kappa shape index (κ1) is 9.12. The fourth-order valence-electron chi connectivity index (χ4n) is 0.677. The second-order valence-electron chi connectivity index (χ2n) is 2.12. The van der Waals surface area contributed by atoms with Crippen LogP contribution in [0.25, 0.3) is 0 Å². The molecule has 0 aromatic rings. The molecule has 56 valence electrons. The Morgan fingerprint density at radius 2 is 2.30 bits per heavy atom. The Morgan fingerprint density at radius 1 is 1.50 bits per heavy atom. The van der Waals surface area contributed by atoms with Gasteiger partial charge in [0, 0.05) is 6.20 Å². The number of hydrogen-bond acceptors (Lipinski definition) is 2. The molecule has 2 heteroatoms. The maximum Gasteiger partial charge on any atom is 0.0911 e. The van der Waals surface area contributed by atoms with Gasteiger partial charge in [-0.1, -0.05) is 25.8 Å². The van der Waals surface area contributed by atoms with Crippen LogP contribution in [0.4, 0.5) is 0 Å². The van der Waals surface area contributed by atoms with E-state index in [1.165, 1.54) is 19.3 Å². The number of allylic oxidation sites excluding steroid dienone is 1. The normalized spacial score (nSPS) is 9.70. The molecular formula is C8H14N2. The monoisotopic (exact) mass is 138 g/mol. The van der Waals surface area contributed by atoms with Crippen LogP contribution in [0.3, 0.4) is 0 Å². The molecule has 0 aromatic carbocycles. The summed E-state index contributed by atoms with van der Waals surface area (Å²) in [5.41, 5.74) is 0. The maximum absolute atomic E-state index is 6.45. The van der Waals surface area contributed by atoms with Crippen LogP contribution < -0.4 is 0 Å². The van der Waals surface area contributed by atoms with Gasteiger partial charge in [0.15, 0.2) is 0 Å². The van der Waals surface area contributed by atoms with Crippen LogP contribution in [0, 0.1) is 5.41 Å². The summed E-state index contributed by atoms with van der Waals surface area (Å²) in [6.45, 7) is 2.18. The molecule has 0 aliphatic rings. The quantitative estimate of drug-likeness (QED) is 0.448. The molecule has 0 aliphatic heterocycles. The van der Waals surface area contributed by atoms with Crippen molar-refractivity contribution >= 4 is 6.01 Å². The highest BCUT2D eigenvalue weighted by molar-refractivity contribution is 5.37. The maximum atomic E-state index is 6.45. The number of hydrogen-bond donors (Lipinski definition) is 1. The van der Waals surface area contributed by atoms with E-state index in [-0.39, 0.29) is 0 Å². The van der Waals surface area contributed by atoms with E-state index in [2.05, 4.69) is 11.9 Å². The second-order valence-corrected chi connectivity index (χ2v) is 2.12. The Bertz CT molecular complexity index is 132. The number of nitrogens with zero attached hydrogens (tertiary/aromatic N) is 1. The average molecular weight is 138 g/mol. The van der Waals surface area contributed by atoms with Gasteiger partial charge in [-0.15, -0.1) is 0 Å². The predicted octanol–water partition coefficient (Wildman–Crippen LogP) is 2.83. The van der Waals surface area contributed by atoms with Crippen LogP contribution >= 0.6 is 0 Å². The topological polar surface area (TPSA) is 36.2 Å². The molecule has 0 aromatic heterocycles. The van der Waals surface area contributed by atoms with Gasteiger partial charge in [-0.25, -0.2) is 5.41 Å². The fourth-order valence-corrected chi connectivity index (χ4v) is 0.677. The molecule has 10 heavy (non-hydrogen) atoms. The van der Waals surface area contributed by atoms with E-state index < -0.39 is 0 Å². The SMILES string of the molecule is CCCCCC=CN=C=N. The van der Waals surface area contributed by atoms with Gasteiger partial charge in [0.2, 0.25) is 0 Å². The lowest BCUT2D eigenvalue weighted by atomic mass is 10.2. The summed E-state index contributed by atoms with van der Waals surface area (Å²) in [4.78, 5) is 3.51. The minimum atomic E-state index is 1.07. The summed E-state index contributed by atoms with van der Waals surface area (Å²) >= 11 is 0. The largest absolute Gasteiger partial charge is 0.241 e. The molecule has 0 saturated heterocycles. The molecule has 0 fully saturated rings. The minimum absolute atomic E-state index is 1.07. The molecule has 0 amide bonds. The number of rotatable bonds is 5. The Hall–Kier alpha value is -0.880. The summed E-state index contributed by atoms with van der Waals surface area (Å²) in [5.74, 6) is 0. The molecule has 0 saturated carbocycles. The lowest BCUT2D eigenvalue weighted by Gasteiger charge is -1.88. The van der Waals surface area contributed by atoms with Crippen molar-refractivity contribution in [3.63, 3.8) is 0 Å². The van der Waals surface area contributed by atoms with E-state index in [1.807, 2.05) is 12.1 Å². The van der Waals surface area contributed by atoms with E-state index in [1.54, 1.807) is 6.20 Å². The molecular weight excluding hydrogens is 124 g/mol. The summed E-state index contributed by atoms with van der Waals surface area (Å²) < 4.78 is 0. The van der Waals surface area contributed by atoms with Crippen molar-refractivity contribution in [2.24, 2.45) is 4.99 Å². The first-order valence-corrected chi connectivity index (χ1v) is 3.68. The van der Waals surface area contributed by atoms with Crippen molar-refractivity contribution in [1.29, 1.82) is 5.41 Å². The van der Waals surface area contributed by atoms with E-state index in [0.717, 1.165) is 6.42 Å². The fraction of sp³-hybridized carbons (Fsp3) is 0.625. The Kier molecular flexibility index (Phi) is 7.41. The van der Waals surface area contributed by atoms with Crippen LogP contribution in [0.5, 0.6) is 0 Å². The number of aliphatic imine (C=N–C) groups is 1. The van der Waals surface area contributed by atoms with Gasteiger partial charge in [-0.3, -0.25) is 0 Å². The van der Waals surface area contributed by atoms with Crippen LogP contribution in [-0.4, -0.2) is 6.01 Å². The molecule has 0 spiro atoms.